The fourth-order valence-electron chi connectivity index (χ4n) is 7.28. The normalized spacial score (nSPS) is 20.3. The Bertz CT molecular complexity index is 1180. The van der Waals surface area contributed by atoms with Gasteiger partial charge in [-0.1, -0.05) is 65.8 Å². The van der Waals surface area contributed by atoms with E-state index in [0.717, 1.165) is 62.9 Å². The summed E-state index contributed by atoms with van der Waals surface area (Å²) >= 11 is 0. The Morgan fingerprint density at radius 1 is 0.925 bits per heavy atom. The van der Waals surface area contributed by atoms with Crippen LogP contribution in [0.1, 0.15) is 96.9 Å². The van der Waals surface area contributed by atoms with Crippen LogP contribution in [0.3, 0.4) is 0 Å². The van der Waals surface area contributed by atoms with Gasteiger partial charge in [0.05, 0.1) is 6.20 Å². The minimum atomic E-state index is -1.83. The summed E-state index contributed by atoms with van der Waals surface area (Å²) in [6.07, 6.45) is 6.65. The maximum Gasteiger partial charge on any atom is 0.203 e. The Hall–Kier alpha value is -2.42. The molecule has 0 spiro atoms. The number of pyridine rings is 1. The molecule has 0 saturated carbocycles. The van der Waals surface area contributed by atoms with Crippen LogP contribution in [-0.4, -0.2) is 43.4 Å². The van der Waals surface area contributed by atoms with E-state index >= 15 is 0 Å². The lowest BCUT2D eigenvalue weighted by atomic mass is 9.86. The van der Waals surface area contributed by atoms with E-state index in [2.05, 4.69) is 58.6 Å². The monoisotopic (exact) mass is 565 g/mol. The Kier molecular flexibility index (Phi) is 9.96. The van der Waals surface area contributed by atoms with Crippen molar-refractivity contribution in [3.8, 4) is 5.75 Å². The van der Waals surface area contributed by atoms with Crippen molar-refractivity contribution < 1.29 is 9.16 Å². The quantitative estimate of drug-likeness (QED) is 0.174. The molecule has 40 heavy (non-hydrogen) atoms. The predicted molar refractivity (Wildman–Crippen MR) is 165 cm³/mol. The summed E-state index contributed by atoms with van der Waals surface area (Å²) in [5.41, 5.74) is 10.7. The zero-order valence-electron chi connectivity index (χ0n) is 25.5. The number of likely N-dealkylation sites (tertiary alicyclic amines) is 1. The third kappa shape index (κ3) is 6.39. The first kappa shape index (κ1) is 30.5. The van der Waals surface area contributed by atoms with E-state index in [4.69, 9.17) is 25.7 Å². The lowest BCUT2D eigenvalue weighted by molar-refractivity contribution is 0.175. The van der Waals surface area contributed by atoms with Crippen molar-refractivity contribution in [1.82, 2.24) is 9.47 Å². The molecule has 7 nitrogen and oxygen atoms in total. The molecule has 0 amide bonds. The zero-order valence-corrected chi connectivity index (χ0v) is 26.5. The molecule has 2 aliphatic rings. The van der Waals surface area contributed by atoms with Gasteiger partial charge < -0.3 is 19.8 Å². The summed E-state index contributed by atoms with van der Waals surface area (Å²) in [5, 5.41) is 17.4. The lowest BCUT2D eigenvalue weighted by Crippen LogP contribution is -2.48. The first-order chi connectivity index (χ1) is 19.0. The van der Waals surface area contributed by atoms with E-state index in [9.17, 15) is 0 Å². The van der Waals surface area contributed by atoms with Crippen molar-refractivity contribution in [2.24, 2.45) is 11.7 Å². The highest BCUT2D eigenvalue weighted by Gasteiger charge is 2.45. The standard InChI is InChI=1S/C32H51N5O2Si/c1-22(2)40(23(3)4,24(5)6)38-20-17-25-15-18-36(19-16-25)32(35)37-21-26(11-14-31(37)34)39-30-13-12-29(33)27-9-7-8-10-28(27)30/h7-11,14,21-25,29-30,34-35H,12-13,15-20,33H2,1-6H3/t29-,30+/m0/s1. The van der Waals surface area contributed by atoms with Gasteiger partial charge in [-0.25, -0.2) is 0 Å². The highest BCUT2D eigenvalue weighted by molar-refractivity contribution is 6.77. The molecule has 1 aliphatic carbocycles. The molecule has 0 radical (unpaired) electrons. The number of hydrogen-bond acceptors (Lipinski definition) is 5. The van der Waals surface area contributed by atoms with Crippen LogP contribution in [0.2, 0.25) is 16.6 Å². The van der Waals surface area contributed by atoms with Gasteiger partial charge in [-0.05, 0) is 77.9 Å². The molecule has 2 aromatic rings. The number of nitrogens with zero attached hydrogens (tertiary/aromatic N) is 2. The summed E-state index contributed by atoms with van der Waals surface area (Å²) in [6.45, 7) is 16.6. The van der Waals surface area contributed by atoms with Crippen molar-refractivity contribution in [3.05, 3.63) is 59.2 Å². The average Bonchev–Trinajstić information content (AvgIpc) is 2.93. The first-order valence-electron chi connectivity index (χ1n) is 15.3. The largest absolute Gasteiger partial charge is 0.484 e. The van der Waals surface area contributed by atoms with E-state index in [1.807, 2.05) is 18.2 Å². The SMILES string of the molecule is CC(C)[Si](OCCC1CCN(C(=N)n2cc(O[C@@H]3CC[C@H](N)c4ccccc43)ccc2=N)CC1)(C(C)C)C(C)C. The topological polar surface area (TPSA) is 100 Å². The molecule has 1 fully saturated rings. The number of piperidine rings is 1. The van der Waals surface area contributed by atoms with Crippen LogP contribution in [0.5, 0.6) is 5.75 Å². The highest BCUT2D eigenvalue weighted by atomic mass is 28.4. The summed E-state index contributed by atoms with van der Waals surface area (Å²) < 4.78 is 14.9. The number of rotatable bonds is 9. The lowest BCUT2D eigenvalue weighted by Gasteiger charge is -2.42. The number of fused-ring (bicyclic) bond motifs is 1. The summed E-state index contributed by atoms with van der Waals surface area (Å²) in [5.74, 6) is 1.65. The highest BCUT2D eigenvalue weighted by Crippen LogP contribution is 2.42. The van der Waals surface area contributed by atoms with Crippen molar-refractivity contribution in [1.29, 1.82) is 10.8 Å². The number of hydrogen-bond donors (Lipinski definition) is 3. The zero-order chi connectivity index (χ0) is 29.0. The van der Waals surface area contributed by atoms with Crippen molar-refractivity contribution in [3.63, 3.8) is 0 Å². The second kappa shape index (κ2) is 13.0. The molecule has 4 N–H and O–H groups in total. The summed E-state index contributed by atoms with van der Waals surface area (Å²) in [4.78, 5) is 2.10. The summed E-state index contributed by atoms with van der Waals surface area (Å²) in [7, 11) is -1.83. The Morgan fingerprint density at radius 3 is 2.17 bits per heavy atom. The number of benzene rings is 1. The van der Waals surface area contributed by atoms with Crippen LogP contribution in [0.4, 0.5) is 0 Å². The number of nitrogens with one attached hydrogen (secondary N) is 2. The third-order valence-electron chi connectivity index (χ3n) is 9.41. The van der Waals surface area contributed by atoms with Gasteiger partial charge in [0.2, 0.25) is 5.96 Å². The van der Waals surface area contributed by atoms with Gasteiger partial charge in [-0.3, -0.25) is 15.4 Å². The van der Waals surface area contributed by atoms with E-state index in [-0.39, 0.29) is 17.6 Å². The van der Waals surface area contributed by atoms with Crippen LogP contribution in [0.25, 0.3) is 0 Å². The third-order valence-corrected chi connectivity index (χ3v) is 15.5. The van der Waals surface area contributed by atoms with Gasteiger partial charge in [0, 0.05) is 25.7 Å². The fraction of sp³-hybridized carbons (Fsp3) is 0.625. The maximum atomic E-state index is 8.93. The van der Waals surface area contributed by atoms with Crippen molar-refractivity contribution in [2.75, 3.05) is 19.7 Å². The van der Waals surface area contributed by atoms with Crippen LogP contribution in [-0.2, 0) is 4.43 Å². The van der Waals surface area contributed by atoms with Gasteiger partial charge in [-0.2, -0.15) is 0 Å². The van der Waals surface area contributed by atoms with Crippen molar-refractivity contribution in [2.45, 2.75) is 102 Å². The molecule has 8 heteroatoms. The Morgan fingerprint density at radius 2 is 1.55 bits per heavy atom. The van der Waals surface area contributed by atoms with Gasteiger partial charge >= 0.3 is 0 Å². The molecule has 0 unspecified atom stereocenters. The van der Waals surface area contributed by atoms with E-state index in [1.54, 1.807) is 16.8 Å². The molecule has 0 bridgehead atoms. The van der Waals surface area contributed by atoms with Crippen molar-refractivity contribution >= 4 is 14.3 Å². The molecular weight excluding hydrogens is 514 g/mol. The van der Waals surface area contributed by atoms with Gasteiger partial charge in [0.1, 0.15) is 17.3 Å². The van der Waals surface area contributed by atoms with E-state index in [1.165, 1.54) is 0 Å². The first-order valence-corrected chi connectivity index (χ1v) is 17.4. The fourth-order valence-corrected chi connectivity index (χ4v) is 12.8. The van der Waals surface area contributed by atoms with E-state index < -0.39 is 8.32 Å². The molecule has 4 rings (SSSR count). The Balaban J connectivity index is 1.35. The Labute approximate surface area is 242 Å². The smallest absolute Gasteiger partial charge is 0.203 e. The summed E-state index contributed by atoms with van der Waals surface area (Å²) in [6, 6.07) is 11.9. The van der Waals surface area contributed by atoms with Crippen LogP contribution in [0, 0.1) is 16.7 Å². The molecule has 1 aliphatic heterocycles. The molecule has 2 atom stereocenters. The number of ether oxygens (including phenoxy) is 1. The maximum absolute atomic E-state index is 8.93. The van der Waals surface area contributed by atoms with Crippen LogP contribution in [0.15, 0.2) is 42.6 Å². The molecular formula is C32H51N5O2Si. The minimum absolute atomic E-state index is 0.0458. The molecule has 2 heterocycles. The number of aromatic nitrogens is 1. The van der Waals surface area contributed by atoms with Gasteiger partial charge in [0.25, 0.3) is 0 Å². The predicted octanol–water partition coefficient (Wildman–Crippen LogP) is 6.96. The molecule has 1 saturated heterocycles. The van der Waals surface area contributed by atoms with Gasteiger partial charge in [-0.15, -0.1) is 0 Å². The second-order valence-corrected chi connectivity index (χ2v) is 18.2. The minimum Gasteiger partial charge on any atom is -0.484 e. The molecule has 220 valence electrons. The average molecular weight is 566 g/mol. The molecule has 1 aromatic carbocycles. The van der Waals surface area contributed by atoms with Crippen LogP contribution < -0.4 is 16.0 Å². The number of nitrogens with two attached hydrogens (primary N) is 1. The van der Waals surface area contributed by atoms with E-state index in [0.29, 0.717) is 34.3 Å². The van der Waals surface area contributed by atoms with Gasteiger partial charge in [0.15, 0.2) is 8.32 Å². The van der Waals surface area contributed by atoms with Crippen LogP contribution >= 0.6 is 0 Å². The second-order valence-electron chi connectivity index (χ2n) is 12.7. The molecule has 1 aromatic heterocycles.